The lowest BCUT2D eigenvalue weighted by Crippen LogP contribution is -2.22. The van der Waals surface area contributed by atoms with Crippen LogP contribution in [-0.2, 0) is 5.54 Å². The van der Waals surface area contributed by atoms with Gasteiger partial charge in [-0.2, -0.15) is 0 Å². The van der Waals surface area contributed by atoms with E-state index in [0.29, 0.717) is 11.5 Å². The molecule has 0 aromatic carbocycles. The van der Waals surface area contributed by atoms with Gasteiger partial charge in [0.05, 0.1) is 11.7 Å². The molecule has 3 aromatic rings. The van der Waals surface area contributed by atoms with E-state index in [2.05, 4.69) is 50.2 Å². The van der Waals surface area contributed by atoms with E-state index in [1.165, 1.54) is 0 Å². The van der Waals surface area contributed by atoms with Gasteiger partial charge in [-0.05, 0) is 37.2 Å². The maximum absolute atomic E-state index is 5.77. The summed E-state index contributed by atoms with van der Waals surface area (Å²) < 4.78 is 6.72. The fraction of sp³-hybridized carbons (Fsp3) is 0.333. The standard InChI is InChI=1S/C12H14N6O/c1-12(2,3)18-8-4-5-14-6-7(8)15-11(18)9-10(13)17-19-16-9/h4-6H,1-3H3,(H2,13,17). The molecule has 3 rings (SSSR count). The van der Waals surface area contributed by atoms with Crippen LogP contribution in [0.1, 0.15) is 20.8 Å². The van der Waals surface area contributed by atoms with Crippen molar-refractivity contribution in [2.45, 2.75) is 26.3 Å². The molecule has 0 spiro atoms. The lowest BCUT2D eigenvalue weighted by Gasteiger charge is -2.23. The van der Waals surface area contributed by atoms with Crippen molar-refractivity contribution in [1.82, 2.24) is 24.8 Å². The number of hydrogen-bond donors (Lipinski definition) is 1. The smallest absolute Gasteiger partial charge is 0.199 e. The fourth-order valence-electron chi connectivity index (χ4n) is 2.12. The van der Waals surface area contributed by atoms with E-state index in [0.717, 1.165) is 11.0 Å². The first-order chi connectivity index (χ1) is 8.98. The van der Waals surface area contributed by atoms with Crippen LogP contribution in [0.4, 0.5) is 5.82 Å². The van der Waals surface area contributed by atoms with Crippen LogP contribution in [0.2, 0.25) is 0 Å². The lowest BCUT2D eigenvalue weighted by atomic mass is 10.1. The topological polar surface area (TPSA) is 95.7 Å². The van der Waals surface area contributed by atoms with Gasteiger partial charge in [-0.1, -0.05) is 0 Å². The zero-order valence-electron chi connectivity index (χ0n) is 11.0. The number of imidazole rings is 1. The number of nitrogens with zero attached hydrogens (tertiary/aromatic N) is 5. The fourth-order valence-corrected chi connectivity index (χ4v) is 2.12. The van der Waals surface area contributed by atoms with E-state index < -0.39 is 0 Å². The van der Waals surface area contributed by atoms with Gasteiger partial charge in [-0.25, -0.2) is 9.61 Å². The first kappa shape index (κ1) is 11.6. The molecular formula is C12H14N6O. The van der Waals surface area contributed by atoms with Crippen LogP contribution in [0, 0.1) is 0 Å². The average Bonchev–Trinajstić information content (AvgIpc) is 2.90. The Morgan fingerprint density at radius 2 is 2.05 bits per heavy atom. The monoisotopic (exact) mass is 258 g/mol. The van der Waals surface area contributed by atoms with E-state index >= 15 is 0 Å². The molecule has 0 aliphatic rings. The molecule has 2 N–H and O–H groups in total. The number of nitrogens with two attached hydrogens (primary N) is 1. The first-order valence-corrected chi connectivity index (χ1v) is 5.90. The maximum atomic E-state index is 5.77. The van der Waals surface area contributed by atoms with Crippen molar-refractivity contribution >= 4 is 16.9 Å². The molecule has 98 valence electrons. The highest BCUT2D eigenvalue weighted by atomic mass is 16.6. The number of anilines is 1. The minimum atomic E-state index is -0.184. The molecule has 19 heavy (non-hydrogen) atoms. The van der Waals surface area contributed by atoms with E-state index in [1.54, 1.807) is 12.4 Å². The molecule has 7 heteroatoms. The predicted molar refractivity (Wildman–Crippen MR) is 70.2 cm³/mol. The van der Waals surface area contributed by atoms with E-state index in [-0.39, 0.29) is 11.4 Å². The maximum Gasteiger partial charge on any atom is 0.199 e. The summed E-state index contributed by atoms with van der Waals surface area (Å²) in [5, 5.41) is 7.45. The second-order valence-electron chi connectivity index (χ2n) is 5.30. The van der Waals surface area contributed by atoms with Gasteiger partial charge in [0.25, 0.3) is 0 Å². The molecule has 0 unspecified atom stereocenters. The van der Waals surface area contributed by atoms with Crippen LogP contribution < -0.4 is 5.73 Å². The molecule has 0 radical (unpaired) electrons. The number of nitrogen functional groups attached to an aromatic ring is 1. The highest BCUT2D eigenvalue weighted by Gasteiger charge is 2.25. The summed E-state index contributed by atoms with van der Waals surface area (Å²) in [5.74, 6) is 0.864. The Balaban J connectivity index is 2.39. The van der Waals surface area contributed by atoms with Gasteiger partial charge in [-0.15, -0.1) is 0 Å². The van der Waals surface area contributed by atoms with Crippen molar-refractivity contribution in [3.63, 3.8) is 0 Å². The van der Waals surface area contributed by atoms with Crippen LogP contribution >= 0.6 is 0 Å². The van der Waals surface area contributed by atoms with Gasteiger partial charge < -0.3 is 10.3 Å². The predicted octanol–water partition coefficient (Wildman–Crippen LogP) is 1.82. The second kappa shape index (κ2) is 3.78. The molecule has 0 aliphatic carbocycles. The van der Waals surface area contributed by atoms with Gasteiger partial charge in [-0.3, -0.25) is 4.98 Å². The summed E-state index contributed by atoms with van der Waals surface area (Å²) >= 11 is 0. The van der Waals surface area contributed by atoms with Crippen LogP contribution in [0.5, 0.6) is 0 Å². The quantitative estimate of drug-likeness (QED) is 0.715. The third-order valence-corrected chi connectivity index (χ3v) is 2.85. The molecular weight excluding hydrogens is 244 g/mol. The molecule has 3 aromatic heterocycles. The third-order valence-electron chi connectivity index (χ3n) is 2.85. The van der Waals surface area contributed by atoms with Crippen molar-refractivity contribution in [3.8, 4) is 11.5 Å². The number of pyridine rings is 1. The second-order valence-corrected chi connectivity index (χ2v) is 5.30. The summed E-state index contributed by atoms with van der Waals surface area (Å²) in [7, 11) is 0. The van der Waals surface area contributed by atoms with Crippen LogP contribution in [0.15, 0.2) is 23.1 Å². The zero-order valence-corrected chi connectivity index (χ0v) is 11.0. The SMILES string of the molecule is CC(C)(C)n1c(-c2nonc2N)nc2cnccc21. The summed E-state index contributed by atoms with van der Waals surface area (Å²) in [6.07, 6.45) is 3.45. The Labute approximate surface area is 109 Å². The molecule has 3 heterocycles. The van der Waals surface area contributed by atoms with Crippen molar-refractivity contribution in [2.75, 3.05) is 5.73 Å². The summed E-state index contributed by atoms with van der Waals surface area (Å²) in [6, 6.07) is 1.92. The van der Waals surface area contributed by atoms with Crippen LogP contribution in [0.3, 0.4) is 0 Å². The van der Waals surface area contributed by atoms with Gasteiger partial charge in [0, 0.05) is 11.7 Å². The lowest BCUT2D eigenvalue weighted by molar-refractivity contribution is 0.309. The van der Waals surface area contributed by atoms with Crippen LogP contribution in [0.25, 0.3) is 22.6 Å². The summed E-state index contributed by atoms with van der Waals surface area (Å²) in [4.78, 5) is 8.63. The minimum Gasteiger partial charge on any atom is -0.379 e. The molecule has 0 aliphatic heterocycles. The summed E-state index contributed by atoms with van der Waals surface area (Å²) in [6.45, 7) is 6.26. The summed E-state index contributed by atoms with van der Waals surface area (Å²) in [5.41, 5.74) is 7.80. The Kier molecular flexibility index (Phi) is 2.31. The number of aromatic nitrogens is 5. The first-order valence-electron chi connectivity index (χ1n) is 5.90. The average molecular weight is 258 g/mol. The Morgan fingerprint density at radius 3 is 2.68 bits per heavy atom. The molecule has 0 saturated heterocycles. The number of rotatable bonds is 1. The molecule has 0 fully saturated rings. The zero-order chi connectivity index (χ0) is 13.6. The largest absolute Gasteiger partial charge is 0.379 e. The third kappa shape index (κ3) is 1.74. The van der Waals surface area contributed by atoms with Gasteiger partial charge in [0.15, 0.2) is 17.3 Å². The molecule has 0 saturated carbocycles. The molecule has 0 bridgehead atoms. The van der Waals surface area contributed by atoms with Crippen LogP contribution in [-0.4, -0.2) is 24.8 Å². The Morgan fingerprint density at radius 1 is 1.26 bits per heavy atom. The number of hydrogen-bond acceptors (Lipinski definition) is 6. The van der Waals surface area contributed by atoms with Gasteiger partial charge in [0.1, 0.15) is 5.52 Å². The van der Waals surface area contributed by atoms with E-state index in [4.69, 9.17) is 5.73 Å². The highest BCUT2D eigenvalue weighted by molar-refractivity contribution is 5.81. The highest BCUT2D eigenvalue weighted by Crippen LogP contribution is 2.31. The van der Waals surface area contributed by atoms with Crippen molar-refractivity contribution < 1.29 is 4.63 Å². The van der Waals surface area contributed by atoms with Crippen molar-refractivity contribution in [1.29, 1.82) is 0 Å². The Hall–Kier alpha value is -2.44. The van der Waals surface area contributed by atoms with Crippen molar-refractivity contribution in [3.05, 3.63) is 18.5 Å². The minimum absolute atomic E-state index is 0.184. The molecule has 0 amide bonds. The van der Waals surface area contributed by atoms with Gasteiger partial charge in [0.2, 0.25) is 0 Å². The molecule has 7 nitrogen and oxygen atoms in total. The molecule has 0 atom stereocenters. The van der Waals surface area contributed by atoms with Crippen molar-refractivity contribution in [2.24, 2.45) is 0 Å². The van der Waals surface area contributed by atoms with Gasteiger partial charge >= 0.3 is 0 Å². The number of fused-ring (bicyclic) bond motifs is 1. The van der Waals surface area contributed by atoms with E-state index in [9.17, 15) is 0 Å². The normalized spacial score (nSPS) is 12.2. The van der Waals surface area contributed by atoms with E-state index in [1.807, 2.05) is 6.07 Å². The Bertz CT molecular complexity index is 736.